The van der Waals surface area contributed by atoms with E-state index in [0.717, 1.165) is 0 Å². The fraction of sp³-hybridized carbons (Fsp3) is 0.0769. The molecule has 0 aliphatic carbocycles. The standard InChI is InChI=1S/C13H10ClFO2/c14-13(16)9-6-7-11(15)12(8-9)17-10-4-2-1-3-5-10/h1-8,13,16H. The third-order valence-corrected chi connectivity index (χ3v) is 2.45. The second kappa shape index (κ2) is 5.17. The van der Waals surface area contributed by atoms with Gasteiger partial charge < -0.3 is 9.84 Å². The van der Waals surface area contributed by atoms with Gasteiger partial charge in [-0.25, -0.2) is 4.39 Å². The molecule has 0 aliphatic heterocycles. The van der Waals surface area contributed by atoms with Gasteiger partial charge in [0.05, 0.1) is 0 Å². The molecule has 2 aromatic carbocycles. The number of hydrogen-bond donors (Lipinski definition) is 1. The van der Waals surface area contributed by atoms with Crippen molar-refractivity contribution in [3.05, 3.63) is 59.9 Å². The summed E-state index contributed by atoms with van der Waals surface area (Å²) in [5.74, 6) is 0.0518. The predicted octanol–water partition coefficient (Wildman–Crippen LogP) is 3.85. The van der Waals surface area contributed by atoms with E-state index in [1.807, 2.05) is 6.07 Å². The van der Waals surface area contributed by atoms with Gasteiger partial charge in [-0.1, -0.05) is 35.9 Å². The minimum atomic E-state index is -1.17. The highest BCUT2D eigenvalue weighted by atomic mass is 35.5. The van der Waals surface area contributed by atoms with Crippen molar-refractivity contribution in [2.45, 2.75) is 5.56 Å². The molecule has 0 radical (unpaired) electrons. The topological polar surface area (TPSA) is 29.5 Å². The molecule has 2 rings (SSSR count). The minimum Gasteiger partial charge on any atom is -0.454 e. The van der Waals surface area contributed by atoms with Crippen molar-refractivity contribution in [2.75, 3.05) is 0 Å². The lowest BCUT2D eigenvalue weighted by Gasteiger charge is -2.09. The highest BCUT2D eigenvalue weighted by Crippen LogP contribution is 2.28. The first-order chi connectivity index (χ1) is 8.16. The number of alkyl halides is 1. The molecular formula is C13H10ClFO2. The monoisotopic (exact) mass is 252 g/mol. The average molecular weight is 253 g/mol. The molecule has 0 aromatic heterocycles. The van der Waals surface area contributed by atoms with Gasteiger partial charge in [-0.3, -0.25) is 0 Å². The van der Waals surface area contributed by atoms with Crippen molar-refractivity contribution in [3.8, 4) is 11.5 Å². The predicted molar refractivity (Wildman–Crippen MR) is 63.7 cm³/mol. The van der Waals surface area contributed by atoms with Crippen LogP contribution < -0.4 is 4.74 Å². The molecule has 0 saturated heterocycles. The van der Waals surface area contributed by atoms with E-state index in [2.05, 4.69) is 0 Å². The van der Waals surface area contributed by atoms with E-state index in [9.17, 15) is 9.50 Å². The molecule has 0 spiro atoms. The molecular weight excluding hydrogens is 243 g/mol. The fourth-order valence-corrected chi connectivity index (χ4v) is 1.50. The summed E-state index contributed by atoms with van der Waals surface area (Å²) < 4.78 is 18.8. The van der Waals surface area contributed by atoms with Crippen LogP contribution in [0.5, 0.6) is 11.5 Å². The Morgan fingerprint density at radius 1 is 1.12 bits per heavy atom. The summed E-state index contributed by atoms with van der Waals surface area (Å²) in [6.07, 6.45) is 0. The highest BCUT2D eigenvalue weighted by Gasteiger charge is 2.09. The third-order valence-electron chi connectivity index (χ3n) is 2.20. The summed E-state index contributed by atoms with van der Waals surface area (Å²) in [5, 5.41) is 9.19. The molecule has 1 N–H and O–H groups in total. The van der Waals surface area contributed by atoms with Gasteiger partial charge in [0.15, 0.2) is 17.1 Å². The van der Waals surface area contributed by atoms with Crippen LogP contribution in [0.3, 0.4) is 0 Å². The van der Waals surface area contributed by atoms with Crippen molar-refractivity contribution in [3.63, 3.8) is 0 Å². The zero-order valence-corrected chi connectivity index (χ0v) is 9.56. The van der Waals surface area contributed by atoms with Gasteiger partial charge in [-0.2, -0.15) is 0 Å². The van der Waals surface area contributed by atoms with Crippen LogP contribution in [0.25, 0.3) is 0 Å². The lowest BCUT2D eigenvalue weighted by molar-refractivity contribution is 0.262. The van der Waals surface area contributed by atoms with Gasteiger partial charge in [0.2, 0.25) is 0 Å². The third kappa shape index (κ3) is 2.96. The first kappa shape index (κ1) is 11.9. The van der Waals surface area contributed by atoms with Crippen LogP contribution in [0.1, 0.15) is 11.1 Å². The smallest absolute Gasteiger partial charge is 0.165 e. The Morgan fingerprint density at radius 2 is 1.82 bits per heavy atom. The van der Waals surface area contributed by atoms with E-state index in [-0.39, 0.29) is 5.75 Å². The summed E-state index contributed by atoms with van der Waals surface area (Å²) in [7, 11) is 0. The zero-order chi connectivity index (χ0) is 12.3. The van der Waals surface area contributed by atoms with Crippen molar-refractivity contribution in [2.24, 2.45) is 0 Å². The second-order valence-electron chi connectivity index (χ2n) is 3.44. The van der Waals surface area contributed by atoms with E-state index < -0.39 is 11.4 Å². The molecule has 2 nitrogen and oxygen atoms in total. The van der Waals surface area contributed by atoms with Gasteiger partial charge in [-0.15, -0.1) is 0 Å². The maximum atomic E-state index is 13.5. The first-order valence-corrected chi connectivity index (χ1v) is 5.45. The van der Waals surface area contributed by atoms with E-state index in [0.29, 0.717) is 11.3 Å². The summed E-state index contributed by atoms with van der Waals surface area (Å²) in [6.45, 7) is 0. The molecule has 1 unspecified atom stereocenters. The van der Waals surface area contributed by atoms with Gasteiger partial charge >= 0.3 is 0 Å². The van der Waals surface area contributed by atoms with E-state index in [1.165, 1.54) is 18.2 Å². The van der Waals surface area contributed by atoms with E-state index >= 15 is 0 Å². The maximum Gasteiger partial charge on any atom is 0.165 e. The van der Waals surface area contributed by atoms with Crippen LogP contribution in [-0.2, 0) is 0 Å². The molecule has 0 aliphatic rings. The number of para-hydroxylation sites is 1. The van der Waals surface area contributed by atoms with Gasteiger partial charge in [0, 0.05) is 0 Å². The molecule has 88 valence electrons. The van der Waals surface area contributed by atoms with Gasteiger partial charge in [-0.05, 0) is 29.8 Å². The number of aliphatic hydroxyl groups excluding tert-OH is 1. The molecule has 0 saturated carbocycles. The molecule has 17 heavy (non-hydrogen) atoms. The van der Waals surface area contributed by atoms with Crippen molar-refractivity contribution >= 4 is 11.6 Å². The van der Waals surface area contributed by atoms with Gasteiger partial charge in [0.1, 0.15) is 5.75 Å². The molecule has 0 heterocycles. The number of halogens is 2. The Labute approximate surface area is 103 Å². The lowest BCUT2D eigenvalue weighted by atomic mass is 10.2. The minimum absolute atomic E-state index is 0.0356. The fourth-order valence-electron chi connectivity index (χ4n) is 1.36. The zero-order valence-electron chi connectivity index (χ0n) is 8.81. The van der Waals surface area contributed by atoms with Crippen LogP contribution in [0.2, 0.25) is 0 Å². The number of aliphatic hydroxyl groups is 1. The molecule has 4 heteroatoms. The van der Waals surface area contributed by atoms with Crippen molar-refractivity contribution < 1.29 is 14.2 Å². The average Bonchev–Trinajstić information content (AvgIpc) is 2.33. The quantitative estimate of drug-likeness (QED) is 0.841. The Kier molecular flexibility index (Phi) is 3.61. The maximum absolute atomic E-state index is 13.5. The van der Waals surface area contributed by atoms with E-state index in [1.54, 1.807) is 24.3 Å². The van der Waals surface area contributed by atoms with Crippen LogP contribution in [0.15, 0.2) is 48.5 Å². The first-order valence-electron chi connectivity index (χ1n) is 5.01. The van der Waals surface area contributed by atoms with E-state index in [4.69, 9.17) is 16.3 Å². The van der Waals surface area contributed by atoms with Crippen LogP contribution >= 0.6 is 11.6 Å². The number of rotatable bonds is 3. The Morgan fingerprint density at radius 3 is 2.47 bits per heavy atom. The summed E-state index contributed by atoms with van der Waals surface area (Å²) in [5.41, 5.74) is -0.785. The number of ether oxygens (including phenoxy) is 1. The molecule has 2 aromatic rings. The molecule has 0 fully saturated rings. The summed E-state index contributed by atoms with van der Waals surface area (Å²) in [4.78, 5) is 0. The normalized spacial score (nSPS) is 12.2. The van der Waals surface area contributed by atoms with Gasteiger partial charge in [0.25, 0.3) is 0 Å². The largest absolute Gasteiger partial charge is 0.454 e. The SMILES string of the molecule is OC(Cl)c1ccc(F)c(Oc2ccccc2)c1. The molecule has 0 amide bonds. The van der Waals surface area contributed by atoms with Crippen LogP contribution in [0, 0.1) is 5.82 Å². The Hall–Kier alpha value is -1.58. The summed E-state index contributed by atoms with van der Waals surface area (Å²) in [6, 6.07) is 12.8. The molecule has 1 atom stereocenters. The summed E-state index contributed by atoms with van der Waals surface area (Å²) >= 11 is 5.51. The highest BCUT2D eigenvalue weighted by molar-refractivity contribution is 6.19. The van der Waals surface area contributed by atoms with Crippen molar-refractivity contribution in [1.29, 1.82) is 0 Å². The lowest BCUT2D eigenvalue weighted by Crippen LogP contribution is -1.93. The van der Waals surface area contributed by atoms with Crippen LogP contribution in [0.4, 0.5) is 4.39 Å². The number of benzene rings is 2. The second-order valence-corrected chi connectivity index (χ2v) is 3.85. The number of hydrogen-bond acceptors (Lipinski definition) is 2. The Bertz CT molecular complexity index is 500. The van der Waals surface area contributed by atoms with Crippen LogP contribution in [-0.4, -0.2) is 5.11 Å². The Balaban J connectivity index is 2.29. The van der Waals surface area contributed by atoms with Crippen molar-refractivity contribution in [1.82, 2.24) is 0 Å². The molecule has 0 bridgehead atoms.